The van der Waals surface area contributed by atoms with Gasteiger partial charge in [-0.05, 0) is 31.0 Å². The van der Waals surface area contributed by atoms with Gasteiger partial charge in [-0.15, -0.1) is 0 Å². The quantitative estimate of drug-likeness (QED) is 0.203. The zero-order valence-electron chi connectivity index (χ0n) is 19.3. The summed E-state index contributed by atoms with van der Waals surface area (Å²) in [5, 5.41) is 10.8. The maximum absolute atomic E-state index is 11.2. The second-order valence-corrected chi connectivity index (χ2v) is 8.25. The standard InChI is InChI=1S/C26H39NO4/c1-3-4-5-6-7-8-9-10-11-12-13-16-21-30-27(23-18-15-14-17-22(23)2)25-20-19-24(31-25)26(28)29/h14-15,17-20H,3-13,16,21H2,1-2H3,(H,28,29). The Bertz CT molecular complexity index is 755. The summed E-state index contributed by atoms with van der Waals surface area (Å²) in [5.41, 5.74) is 1.89. The van der Waals surface area contributed by atoms with Crippen LogP contribution in [-0.4, -0.2) is 17.7 Å². The Morgan fingerprint density at radius 3 is 2.00 bits per heavy atom. The van der Waals surface area contributed by atoms with Gasteiger partial charge in [0.2, 0.25) is 11.6 Å². The van der Waals surface area contributed by atoms with Crippen molar-refractivity contribution in [1.82, 2.24) is 0 Å². The van der Waals surface area contributed by atoms with Gasteiger partial charge in [0.15, 0.2) is 0 Å². The topological polar surface area (TPSA) is 62.9 Å². The lowest BCUT2D eigenvalue weighted by atomic mass is 10.1. The highest BCUT2D eigenvalue weighted by molar-refractivity contribution is 5.85. The SMILES string of the molecule is CCCCCCCCCCCCCCON(c1ccc(C(=O)O)o1)c1ccccc1C. The molecule has 0 radical (unpaired) electrons. The molecule has 0 saturated heterocycles. The molecule has 0 unspecified atom stereocenters. The molecule has 1 heterocycles. The van der Waals surface area contributed by atoms with Crippen LogP contribution in [0.3, 0.4) is 0 Å². The molecule has 0 aliphatic heterocycles. The third-order valence-electron chi connectivity index (χ3n) is 5.56. The number of rotatable bonds is 17. The maximum Gasteiger partial charge on any atom is 0.371 e. The molecule has 0 bridgehead atoms. The molecule has 0 spiro atoms. The molecule has 0 fully saturated rings. The number of carboxylic acids is 1. The summed E-state index contributed by atoms with van der Waals surface area (Å²) < 4.78 is 5.48. The van der Waals surface area contributed by atoms with Crippen molar-refractivity contribution in [3.8, 4) is 0 Å². The Labute approximate surface area is 187 Å². The third kappa shape index (κ3) is 9.18. The molecule has 1 aromatic carbocycles. The van der Waals surface area contributed by atoms with E-state index in [4.69, 9.17) is 14.4 Å². The molecule has 172 valence electrons. The molecule has 5 nitrogen and oxygen atoms in total. The third-order valence-corrected chi connectivity index (χ3v) is 5.56. The molecule has 0 aliphatic carbocycles. The van der Waals surface area contributed by atoms with Crippen LogP contribution < -0.4 is 5.06 Å². The number of hydrogen-bond donors (Lipinski definition) is 1. The molecular weight excluding hydrogens is 390 g/mol. The number of carboxylic acid groups (broad SMARTS) is 1. The summed E-state index contributed by atoms with van der Waals surface area (Å²) in [7, 11) is 0. The lowest BCUT2D eigenvalue weighted by molar-refractivity contribution is 0.0658. The fourth-order valence-corrected chi connectivity index (χ4v) is 3.69. The predicted octanol–water partition coefficient (Wildman–Crippen LogP) is 8.06. The average molecular weight is 430 g/mol. The number of furan rings is 1. The minimum Gasteiger partial charge on any atom is -0.475 e. The Morgan fingerprint density at radius 2 is 1.45 bits per heavy atom. The monoisotopic (exact) mass is 429 g/mol. The van der Waals surface area contributed by atoms with Gasteiger partial charge in [0.25, 0.3) is 0 Å². The van der Waals surface area contributed by atoms with E-state index in [-0.39, 0.29) is 5.76 Å². The summed E-state index contributed by atoms with van der Waals surface area (Å²) >= 11 is 0. The molecular formula is C26H39NO4. The van der Waals surface area contributed by atoms with Crippen LogP contribution in [0.25, 0.3) is 0 Å². The van der Waals surface area contributed by atoms with Crippen LogP contribution in [0.1, 0.15) is 100 Å². The Balaban J connectivity index is 1.69. The first kappa shape index (κ1) is 25.0. The molecule has 0 amide bonds. The van der Waals surface area contributed by atoms with E-state index >= 15 is 0 Å². The highest BCUT2D eigenvalue weighted by Gasteiger charge is 2.18. The van der Waals surface area contributed by atoms with E-state index in [0.29, 0.717) is 12.5 Å². The minimum absolute atomic E-state index is 0.0949. The van der Waals surface area contributed by atoms with E-state index in [1.807, 2.05) is 31.2 Å². The molecule has 2 aromatic rings. The Kier molecular flexibility index (Phi) is 11.8. The smallest absolute Gasteiger partial charge is 0.371 e. The van der Waals surface area contributed by atoms with E-state index in [9.17, 15) is 4.79 Å². The molecule has 0 aliphatic rings. The van der Waals surface area contributed by atoms with Gasteiger partial charge in [-0.3, -0.25) is 4.84 Å². The van der Waals surface area contributed by atoms with Crippen LogP contribution in [0.2, 0.25) is 0 Å². The number of aryl methyl sites for hydroxylation is 1. The summed E-state index contributed by atoms with van der Waals surface area (Å²) in [6.07, 6.45) is 15.5. The molecule has 2 rings (SSSR count). The van der Waals surface area contributed by atoms with Gasteiger partial charge in [-0.1, -0.05) is 95.8 Å². The van der Waals surface area contributed by atoms with Crippen molar-refractivity contribution in [3.05, 3.63) is 47.7 Å². The van der Waals surface area contributed by atoms with Gasteiger partial charge in [0, 0.05) is 6.07 Å². The van der Waals surface area contributed by atoms with E-state index in [0.717, 1.165) is 24.1 Å². The molecule has 5 heteroatoms. The Morgan fingerprint density at radius 1 is 0.871 bits per heavy atom. The first-order chi connectivity index (χ1) is 15.1. The van der Waals surface area contributed by atoms with Crippen LogP contribution in [0.15, 0.2) is 40.8 Å². The van der Waals surface area contributed by atoms with Gasteiger partial charge in [0.05, 0.1) is 12.3 Å². The van der Waals surface area contributed by atoms with Crippen molar-refractivity contribution in [2.75, 3.05) is 11.7 Å². The summed E-state index contributed by atoms with van der Waals surface area (Å²) in [6, 6.07) is 10.9. The van der Waals surface area contributed by atoms with Crippen molar-refractivity contribution in [2.24, 2.45) is 0 Å². The first-order valence-corrected chi connectivity index (χ1v) is 11.9. The number of carbonyl (C=O) groups is 1. The normalized spacial score (nSPS) is 11.0. The van der Waals surface area contributed by atoms with Crippen LogP contribution in [0.4, 0.5) is 11.6 Å². The summed E-state index contributed by atoms with van der Waals surface area (Å²) in [5.74, 6) is -0.801. The predicted molar refractivity (Wildman–Crippen MR) is 126 cm³/mol. The van der Waals surface area contributed by atoms with Gasteiger partial charge >= 0.3 is 5.97 Å². The van der Waals surface area contributed by atoms with Crippen LogP contribution in [0, 0.1) is 6.92 Å². The lowest BCUT2D eigenvalue weighted by Crippen LogP contribution is -2.19. The highest BCUT2D eigenvalue weighted by Crippen LogP contribution is 2.30. The van der Waals surface area contributed by atoms with Crippen molar-refractivity contribution in [2.45, 2.75) is 90.9 Å². The van der Waals surface area contributed by atoms with Crippen molar-refractivity contribution in [3.63, 3.8) is 0 Å². The molecule has 31 heavy (non-hydrogen) atoms. The maximum atomic E-state index is 11.2. The fourth-order valence-electron chi connectivity index (χ4n) is 3.69. The van der Waals surface area contributed by atoms with Gasteiger partial charge in [0.1, 0.15) is 0 Å². The highest BCUT2D eigenvalue weighted by atomic mass is 16.7. The number of unbranched alkanes of at least 4 members (excludes halogenated alkanes) is 11. The molecule has 0 atom stereocenters. The summed E-state index contributed by atoms with van der Waals surface area (Å²) in [6.45, 7) is 4.82. The number of benzene rings is 1. The van der Waals surface area contributed by atoms with Gasteiger partial charge < -0.3 is 9.52 Å². The fraction of sp³-hybridized carbons (Fsp3) is 0.577. The van der Waals surface area contributed by atoms with Crippen molar-refractivity contribution in [1.29, 1.82) is 0 Å². The molecule has 0 saturated carbocycles. The lowest BCUT2D eigenvalue weighted by Gasteiger charge is -2.22. The number of aromatic carboxylic acids is 1. The average Bonchev–Trinajstić information content (AvgIpc) is 3.25. The van der Waals surface area contributed by atoms with Crippen LogP contribution >= 0.6 is 0 Å². The largest absolute Gasteiger partial charge is 0.475 e. The number of anilines is 2. The second-order valence-electron chi connectivity index (χ2n) is 8.25. The Hall–Kier alpha value is -2.27. The molecule has 1 aromatic heterocycles. The van der Waals surface area contributed by atoms with E-state index in [1.165, 1.54) is 70.3 Å². The molecule has 1 N–H and O–H groups in total. The number of para-hydroxylation sites is 1. The number of nitrogens with zero attached hydrogens (tertiary/aromatic N) is 1. The van der Waals surface area contributed by atoms with E-state index < -0.39 is 5.97 Å². The zero-order chi connectivity index (χ0) is 22.3. The minimum atomic E-state index is -1.09. The second kappa shape index (κ2) is 14.7. The van der Waals surface area contributed by atoms with E-state index in [2.05, 4.69) is 6.92 Å². The van der Waals surface area contributed by atoms with Crippen LogP contribution in [-0.2, 0) is 4.84 Å². The summed E-state index contributed by atoms with van der Waals surface area (Å²) in [4.78, 5) is 17.2. The van der Waals surface area contributed by atoms with Gasteiger partial charge in [-0.25, -0.2) is 4.79 Å². The van der Waals surface area contributed by atoms with Crippen molar-refractivity contribution < 1.29 is 19.2 Å². The zero-order valence-corrected chi connectivity index (χ0v) is 19.3. The number of hydrogen-bond acceptors (Lipinski definition) is 4. The van der Waals surface area contributed by atoms with Crippen molar-refractivity contribution >= 4 is 17.5 Å². The van der Waals surface area contributed by atoms with Crippen LogP contribution in [0.5, 0.6) is 0 Å². The van der Waals surface area contributed by atoms with E-state index in [1.54, 1.807) is 11.1 Å². The first-order valence-electron chi connectivity index (χ1n) is 11.9. The van der Waals surface area contributed by atoms with Gasteiger partial charge in [-0.2, -0.15) is 5.06 Å².